The van der Waals surface area contributed by atoms with Crippen molar-refractivity contribution in [1.82, 2.24) is 15.5 Å². The SMILES string of the molecule is C[C@H]1C[C@H]1C(=O)NCC(=O)Nc1nncs1. The fourth-order valence-corrected chi connectivity index (χ4v) is 1.84. The largest absolute Gasteiger partial charge is 0.347 e. The number of hydrogen-bond acceptors (Lipinski definition) is 5. The highest BCUT2D eigenvalue weighted by atomic mass is 32.1. The summed E-state index contributed by atoms with van der Waals surface area (Å²) in [4.78, 5) is 22.8. The van der Waals surface area contributed by atoms with Crippen molar-refractivity contribution in [2.24, 2.45) is 11.8 Å². The molecule has 1 saturated carbocycles. The number of carbonyl (C=O) groups excluding carboxylic acids is 2. The molecule has 0 unspecified atom stereocenters. The molecule has 0 radical (unpaired) electrons. The van der Waals surface area contributed by atoms with Crippen LogP contribution in [0.2, 0.25) is 0 Å². The minimum Gasteiger partial charge on any atom is -0.347 e. The van der Waals surface area contributed by atoms with Crippen LogP contribution in [-0.2, 0) is 9.59 Å². The summed E-state index contributed by atoms with van der Waals surface area (Å²) in [6.45, 7) is 2.01. The topological polar surface area (TPSA) is 84.0 Å². The summed E-state index contributed by atoms with van der Waals surface area (Å²) < 4.78 is 0. The standard InChI is InChI=1S/C9H12N4O2S/c1-5-2-6(5)8(15)10-3-7(14)12-9-13-11-4-16-9/h4-6H,2-3H2,1H3,(H,10,15)(H,12,13,14)/t5-,6+/m0/s1. The summed E-state index contributed by atoms with van der Waals surface area (Å²) in [5.41, 5.74) is 1.53. The summed E-state index contributed by atoms with van der Waals surface area (Å²) in [5.74, 6) is 0.221. The Hall–Kier alpha value is -1.50. The number of anilines is 1. The van der Waals surface area contributed by atoms with Gasteiger partial charge in [-0.1, -0.05) is 18.3 Å². The lowest BCUT2D eigenvalue weighted by molar-refractivity contribution is -0.125. The average molecular weight is 240 g/mol. The number of carbonyl (C=O) groups is 2. The average Bonchev–Trinajstić information content (AvgIpc) is 2.77. The highest BCUT2D eigenvalue weighted by Gasteiger charge is 2.38. The third kappa shape index (κ3) is 2.75. The third-order valence-electron chi connectivity index (χ3n) is 2.48. The van der Waals surface area contributed by atoms with Gasteiger partial charge in [-0.15, -0.1) is 10.2 Å². The fourth-order valence-electron chi connectivity index (χ4n) is 1.38. The van der Waals surface area contributed by atoms with Crippen LogP contribution in [-0.4, -0.2) is 28.6 Å². The van der Waals surface area contributed by atoms with Crippen molar-refractivity contribution < 1.29 is 9.59 Å². The molecule has 2 atom stereocenters. The molecule has 6 nitrogen and oxygen atoms in total. The maximum Gasteiger partial charge on any atom is 0.245 e. The van der Waals surface area contributed by atoms with Gasteiger partial charge < -0.3 is 5.32 Å². The number of nitrogens with one attached hydrogen (secondary N) is 2. The molecule has 2 N–H and O–H groups in total. The minimum absolute atomic E-state index is 0.0123. The highest BCUT2D eigenvalue weighted by Crippen LogP contribution is 2.37. The Bertz CT molecular complexity index is 392. The van der Waals surface area contributed by atoms with Gasteiger partial charge in [0.1, 0.15) is 5.51 Å². The zero-order valence-corrected chi connectivity index (χ0v) is 9.58. The molecule has 16 heavy (non-hydrogen) atoms. The van der Waals surface area contributed by atoms with E-state index in [4.69, 9.17) is 0 Å². The number of amides is 2. The van der Waals surface area contributed by atoms with Crippen LogP contribution >= 0.6 is 11.3 Å². The molecule has 1 aromatic heterocycles. The van der Waals surface area contributed by atoms with Gasteiger partial charge in [0, 0.05) is 5.92 Å². The maximum atomic E-state index is 11.4. The molecule has 0 saturated heterocycles. The van der Waals surface area contributed by atoms with Crippen molar-refractivity contribution >= 4 is 28.3 Å². The minimum atomic E-state index is -0.279. The maximum absolute atomic E-state index is 11.4. The van der Waals surface area contributed by atoms with E-state index in [0.29, 0.717) is 11.0 Å². The van der Waals surface area contributed by atoms with E-state index in [0.717, 1.165) is 6.42 Å². The van der Waals surface area contributed by atoms with Crippen molar-refractivity contribution in [1.29, 1.82) is 0 Å². The lowest BCUT2D eigenvalue weighted by Crippen LogP contribution is -2.34. The Labute approximate surface area is 96.5 Å². The van der Waals surface area contributed by atoms with E-state index >= 15 is 0 Å². The summed E-state index contributed by atoms with van der Waals surface area (Å²) in [5, 5.41) is 12.8. The van der Waals surface area contributed by atoms with Crippen molar-refractivity contribution in [3.8, 4) is 0 Å². The predicted molar refractivity (Wildman–Crippen MR) is 58.8 cm³/mol. The second kappa shape index (κ2) is 4.56. The van der Waals surface area contributed by atoms with Crippen LogP contribution in [0.1, 0.15) is 13.3 Å². The molecular weight excluding hydrogens is 228 g/mol. The Kier molecular flexibility index (Phi) is 3.14. The molecule has 2 rings (SSSR count). The molecule has 0 aliphatic heterocycles. The lowest BCUT2D eigenvalue weighted by Gasteiger charge is -2.03. The van der Waals surface area contributed by atoms with Crippen LogP contribution in [0.15, 0.2) is 5.51 Å². The summed E-state index contributed by atoms with van der Waals surface area (Å²) in [6.07, 6.45) is 0.920. The number of hydrogen-bond donors (Lipinski definition) is 2. The summed E-state index contributed by atoms with van der Waals surface area (Å²) in [6, 6.07) is 0. The quantitative estimate of drug-likeness (QED) is 0.790. The molecular formula is C9H12N4O2S. The first kappa shape index (κ1) is 11.0. The predicted octanol–water partition coefficient (Wildman–Crippen LogP) is 0.249. The molecule has 1 aliphatic rings. The molecule has 1 fully saturated rings. The zero-order valence-electron chi connectivity index (χ0n) is 8.77. The van der Waals surface area contributed by atoms with E-state index in [9.17, 15) is 9.59 Å². The van der Waals surface area contributed by atoms with E-state index in [-0.39, 0.29) is 24.3 Å². The number of aromatic nitrogens is 2. The second-order valence-electron chi connectivity index (χ2n) is 3.83. The Balaban J connectivity index is 1.70. The highest BCUT2D eigenvalue weighted by molar-refractivity contribution is 7.13. The lowest BCUT2D eigenvalue weighted by atomic mass is 10.3. The Morgan fingerprint density at radius 3 is 2.94 bits per heavy atom. The van der Waals surface area contributed by atoms with Gasteiger partial charge in [0.05, 0.1) is 6.54 Å². The smallest absolute Gasteiger partial charge is 0.245 e. The van der Waals surface area contributed by atoms with E-state index in [1.165, 1.54) is 16.8 Å². The second-order valence-corrected chi connectivity index (χ2v) is 4.66. The van der Waals surface area contributed by atoms with Gasteiger partial charge in [0.25, 0.3) is 0 Å². The van der Waals surface area contributed by atoms with Gasteiger partial charge in [-0.2, -0.15) is 0 Å². The molecule has 1 heterocycles. The Morgan fingerprint density at radius 2 is 2.38 bits per heavy atom. The summed E-state index contributed by atoms with van der Waals surface area (Å²) >= 11 is 1.24. The van der Waals surface area contributed by atoms with Crippen molar-refractivity contribution in [2.75, 3.05) is 11.9 Å². The fraction of sp³-hybridized carbons (Fsp3) is 0.556. The zero-order chi connectivity index (χ0) is 11.5. The van der Waals surface area contributed by atoms with E-state index in [1.54, 1.807) is 0 Å². The van der Waals surface area contributed by atoms with Gasteiger partial charge in [-0.05, 0) is 12.3 Å². The monoisotopic (exact) mass is 240 g/mol. The Morgan fingerprint density at radius 1 is 1.62 bits per heavy atom. The van der Waals surface area contributed by atoms with Crippen molar-refractivity contribution in [3.05, 3.63) is 5.51 Å². The van der Waals surface area contributed by atoms with Crippen LogP contribution in [0, 0.1) is 11.8 Å². The van der Waals surface area contributed by atoms with Crippen LogP contribution in [0.25, 0.3) is 0 Å². The van der Waals surface area contributed by atoms with Crippen molar-refractivity contribution in [2.45, 2.75) is 13.3 Å². The first-order valence-electron chi connectivity index (χ1n) is 5.00. The number of nitrogens with zero attached hydrogens (tertiary/aromatic N) is 2. The van der Waals surface area contributed by atoms with E-state index in [1.807, 2.05) is 6.92 Å². The summed E-state index contributed by atoms with van der Waals surface area (Å²) in [7, 11) is 0. The van der Waals surface area contributed by atoms with Crippen LogP contribution in [0.5, 0.6) is 0 Å². The van der Waals surface area contributed by atoms with Gasteiger partial charge >= 0.3 is 0 Å². The first-order chi connectivity index (χ1) is 7.66. The van der Waals surface area contributed by atoms with Crippen molar-refractivity contribution in [3.63, 3.8) is 0 Å². The molecule has 2 amide bonds. The molecule has 0 spiro atoms. The molecule has 7 heteroatoms. The van der Waals surface area contributed by atoms with Crippen LogP contribution < -0.4 is 10.6 Å². The van der Waals surface area contributed by atoms with Gasteiger partial charge in [0.2, 0.25) is 16.9 Å². The normalized spacial score (nSPS) is 22.6. The molecule has 1 aromatic rings. The van der Waals surface area contributed by atoms with Gasteiger partial charge in [0.15, 0.2) is 0 Å². The molecule has 86 valence electrons. The van der Waals surface area contributed by atoms with Crippen LogP contribution in [0.4, 0.5) is 5.13 Å². The molecule has 0 aromatic carbocycles. The van der Waals surface area contributed by atoms with E-state index < -0.39 is 0 Å². The third-order valence-corrected chi connectivity index (χ3v) is 3.08. The van der Waals surface area contributed by atoms with Gasteiger partial charge in [-0.3, -0.25) is 14.9 Å². The van der Waals surface area contributed by atoms with Gasteiger partial charge in [-0.25, -0.2) is 0 Å². The molecule has 1 aliphatic carbocycles. The first-order valence-corrected chi connectivity index (χ1v) is 5.88. The molecule has 0 bridgehead atoms. The van der Waals surface area contributed by atoms with E-state index in [2.05, 4.69) is 20.8 Å². The van der Waals surface area contributed by atoms with Crippen LogP contribution in [0.3, 0.4) is 0 Å². The number of rotatable bonds is 4.